The van der Waals surface area contributed by atoms with Gasteiger partial charge in [0.1, 0.15) is 11.5 Å². The molecule has 9 heteroatoms. The van der Waals surface area contributed by atoms with E-state index in [1.54, 1.807) is 13.2 Å². The normalized spacial score (nSPS) is 15.3. The first-order valence-corrected chi connectivity index (χ1v) is 13.0. The van der Waals surface area contributed by atoms with Crippen molar-refractivity contribution in [1.29, 1.82) is 0 Å². The molecule has 0 aromatic heterocycles. The second kappa shape index (κ2) is 14.2. The SMILES string of the molecule is COC(=O)C=C1C=CC=C(OCCCN(Cc2cccc(C(F)(F)F)c2Cl)CC(C)c2ccccc2OC)C1. The topological polar surface area (TPSA) is 48.0 Å². The van der Waals surface area contributed by atoms with Gasteiger partial charge in [-0.2, -0.15) is 13.2 Å². The summed E-state index contributed by atoms with van der Waals surface area (Å²) < 4.78 is 56.5. The Hall–Kier alpha value is -3.23. The predicted molar refractivity (Wildman–Crippen MR) is 146 cm³/mol. The number of allylic oxidation sites excluding steroid dienone is 4. The van der Waals surface area contributed by atoms with Gasteiger partial charge >= 0.3 is 12.1 Å². The number of ether oxygens (including phenoxy) is 3. The minimum atomic E-state index is -4.53. The van der Waals surface area contributed by atoms with Crippen LogP contribution in [0.15, 0.2) is 78.1 Å². The van der Waals surface area contributed by atoms with Crippen molar-refractivity contribution in [3.8, 4) is 5.75 Å². The smallest absolute Gasteiger partial charge is 0.417 e. The summed E-state index contributed by atoms with van der Waals surface area (Å²) in [5.41, 5.74) is 1.37. The van der Waals surface area contributed by atoms with Gasteiger partial charge in [0, 0.05) is 32.1 Å². The van der Waals surface area contributed by atoms with Crippen molar-refractivity contribution in [2.45, 2.75) is 38.4 Å². The Kier molecular flexibility index (Phi) is 11.1. The minimum Gasteiger partial charge on any atom is -0.498 e. The quantitative estimate of drug-likeness (QED) is 0.154. The molecule has 0 heterocycles. The summed E-state index contributed by atoms with van der Waals surface area (Å²) in [6.07, 6.45) is 3.48. The van der Waals surface area contributed by atoms with Crippen molar-refractivity contribution in [3.05, 3.63) is 99.8 Å². The first-order valence-electron chi connectivity index (χ1n) is 12.6. The number of carbonyl (C=O) groups excluding carboxylic acids is 1. The van der Waals surface area contributed by atoms with Gasteiger partial charge < -0.3 is 14.2 Å². The Labute approximate surface area is 232 Å². The molecule has 0 fully saturated rings. The number of rotatable bonds is 12. The Morgan fingerprint density at radius 2 is 1.92 bits per heavy atom. The van der Waals surface area contributed by atoms with E-state index in [0.29, 0.717) is 38.1 Å². The number of methoxy groups -OCH3 is 2. The molecular formula is C30H33ClF3NO4. The van der Waals surface area contributed by atoms with E-state index in [2.05, 4.69) is 16.6 Å². The van der Waals surface area contributed by atoms with Gasteiger partial charge in [-0.15, -0.1) is 0 Å². The largest absolute Gasteiger partial charge is 0.498 e. The molecule has 1 aliphatic rings. The summed E-state index contributed by atoms with van der Waals surface area (Å²) in [6, 6.07) is 11.7. The summed E-state index contributed by atoms with van der Waals surface area (Å²) in [5.74, 6) is 1.11. The zero-order chi connectivity index (χ0) is 28.4. The van der Waals surface area contributed by atoms with E-state index in [0.717, 1.165) is 28.7 Å². The highest BCUT2D eigenvalue weighted by atomic mass is 35.5. The predicted octanol–water partition coefficient (Wildman–Crippen LogP) is 7.32. The van der Waals surface area contributed by atoms with Crippen molar-refractivity contribution in [3.63, 3.8) is 0 Å². The number of alkyl halides is 3. The number of nitrogens with zero attached hydrogens (tertiary/aromatic N) is 1. The van der Waals surface area contributed by atoms with Crippen molar-refractivity contribution < 1.29 is 32.2 Å². The lowest BCUT2D eigenvalue weighted by atomic mass is 9.99. The molecule has 0 saturated heterocycles. The molecular weight excluding hydrogens is 531 g/mol. The standard InChI is InChI=1S/C30H33ClF3NO4/c1-21(25-12-4-5-14-27(25)37-2)19-35(20-23-10-7-13-26(29(23)31)30(32,33)34)15-8-16-39-24-11-6-9-22(17-24)18-28(36)38-3/h4-7,9-14,18,21H,8,15-17,19-20H2,1-3H3. The molecule has 0 N–H and O–H groups in total. The van der Waals surface area contributed by atoms with Crippen LogP contribution in [0.5, 0.6) is 5.75 Å². The van der Waals surface area contributed by atoms with Gasteiger partial charge in [-0.1, -0.05) is 61.0 Å². The van der Waals surface area contributed by atoms with Crippen LogP contribution in [-0.4, -0.2) is 44.8 Å². The lowest BCUT2D eigenvalue weighted by Gasteiger charge is -2.28. The van der Waals surface area contributed by atoms with Crippen molar-refractivity contribution in [2.24, 2.45) is 0 Å². The van der Waals surface area contributed by atoms with Crippen LogP contribution in [0, 0.1) is 0 Å². The van der Waals surface area contributed by atoms with Gasteiger partial charge in [0.15, 0.2) is 0 Å². The molecule has 1 aliphatic carbocycles. The van der Waals surface area contributed by atoms with Crippen LogP contribution in [0.25, 0.3) is 0 Å². The van der Waals surface area contributed by atoms with Crippen LogP contribution >= 0.6 is 11.6 Å². The molecule has 0 saturated carbocycles. The van der Waals surface area contributed by atoms with E-state index in [1.807, 2.05) is 42.5 Å². The van der Waals surface area contributed by atoms with Crippen molar-refractivity contribution in [2.75, 3.05) is 33.9 Å². The molecule has 0 amide bonds. The van der Waals surface area contributed by atoms with Gasteiger partial charge in [0.05, 0.1) is 31.4 Å². The summed E-state index contributed by atoms with van der Waals surface area (Å²) in [7, 11) is 2.94. The highest BCUT2D eigenvalue weighted by Crippen LogP contribution is 2.37. The number of hydrogen-bond acceptors (Lipinski definition) is 5. The molecule has 1 unspecified atom stereocenters. The number of esters is 1. The molecule has 0 aliphatic heterocycles. The van der Waals surface area contributed by atoms with Crippen molar-refractivity contribution in [1.82, 2.24) is 4.90 Å². The van der Waals surface area contributed by atoms with Gasteiger partial charge in [-0.3, -0.25) is 4.90 Å². The van der Waals surface area contributed by atoms with Gasteiger partial charge in [-0.05, 0) is 47.2 Å². The van der Waals surface area contributed by atoms with Crippen LogP contribution in [0.4, 0.5) is 13.2 Å². The van der Waals surface area contributed by atoms with E-state index in [4.69, 9.17) is 21.1 Å². The molecule has 0 bridgehead atoms. The average Bonchev–Trinajstić information content (AvgIpc) is 2.91. The molecule has 2 aromatic carbocycles. The molecule has 0 radical (unpaired) electrons. The van der Waals surface area contributed by atoms with E-state index in [1.165, 1.54) is 19.3 Å². The molecule has 1 atom stereocenters. The zero-order valence-electron chi connectivity index (χ0n) is 22.3. The lowest BCUT2D eigenvalue weighted by Crippen LogP contribution is -2.30. The fourth-order valence-electron chi connectivity index (χ4n) is 4.45. The number of benzene rings is 2. The Morgan fingerprint density at radius 3 is 2.64 bits per heavy atom. The van der Waals surface area contributed by atoms with Gasteiger partial charge in [0.2, 0.25) is 0 Å². The minimum absolute atomic E-state index is 0.0452. The first-order chi connectivity index (χ1) is 18.6. The zero-order valence-corrected chi connectivity index (χ0v) is 23.0. The molecule has 210 valence electrons. The maximum atomic E-state index is 13.5. The summed E-state index contributed by atoms with van der Waals surface area (Å²) >= 11 is 6.22. The van der Waals surface area contributed by atoms with Crippen LogP contribution in [0.2, 0.25) is 5.02 Å². The molecule has 5 nitrogen and oxygen atoms in total. The maximum absolute atomic E-state index is 13.5. The number of halogens is 4. The molecule has 2 aromatic rings. The molecule has 0 spiro atoms. The first kappa shape index (κ1) is 30.3. The Bertz CT molecular complexity index is 1220. The fourth-order valence-corrected chi connectivity index (χ4v) is 4.75. The number of hydrogen-bond donors (Lipinski definition) is 0. The van der Waals surface area contributed by atoms with E-state index >= 15 is 0 Å². The Morgan fingerprint density at radius 1 is 1.15 bits per heavy atom. The highest BCUT2D eigenvalue weighted by Gasteiger charge is 2.34. The average molecular weight is 564 g/mol. The Balaban J connectivity index is 1.70. The van der Waals surface area contributed by atoms with E-state index in [-0.39, 0.29) is 17.5 Å². The summed E-state index contributed by atoms with van der Waals surface area (Å²) in [5, 5.41) is -0.278. The van der Waals surface area contributed by atoms with Crippen LogP contribution < -0.4 is 4.74 Å². The second-order valence-corrected chi connectivity index (χ2v) is 9.65. The highest BCUT2D eigenvalue weighted by molar-refractivity contribution is 6.32. The molecule has 39 heavy (non-hydrogen) atoms. The van der Waals surface area contributed by atoms with Crippen LogP contribution in [0.1, 0.15) is 42.4 Å². The number of para-hydroxylation sites is 1. The van der Waals surface area contributed by atoms with Gasteiger partial charge in [0.25, 0.3) is 0 Å². The third-order valence-electron chi connectivity index (χ3n) is 6.36. The van der Waals surface area contributed by atoms with Crippen LogP contribution in [-0.2, 0) is 27.0 Å². The fraction of sp³-hybridized carbons (Fsp3) is 0.367. The lowest BCUT2D eigenvalue weighted by molar-refractivity contribution is -0.137. The monoisotopic (exact) mass is 563 g/mol. The van der Waals surface area contributed by atoms with Crippen molar-refractivity contribution >= 4 is 17.6 Å². The summed E-state index contributed by atoms with van der Waals surface area (Å²) in [4.78, 5) is 13.6. The number of carbonyl (C=O) groups is 1. The molecule has 3 rings (SSSR count). The van der Waals surface area contributed by atoms with E-state index in [9.17, 15) is 18.0 Å². The van der Waals surface area contributed by atoms with E-state index < -0.39 is 17.7 Å². The maximum Gasteiger partial charge on any atom is 0.417 e. The third-order valence-corrected chi connectivity index (χ3v) is 6.81. The third kappa shape index (κ3) is 8.90. The second-order valence-electron chi connectivity index (χ2n) is 9.27. The van der Waals surface area contributed by atoms with Gasteiger partial charge in [-0.25, -0.2) is 4.79 Å². The van der Waals surface area contributed by atoms with Crippen LogP contribution in [0.3, 0.4) is 0 Å². The summed E-state index contributed by atoms with van der Waals surface area (Å²) in [6.45, 7) is 3.86.